The van der Waals surface area contributed by atoms with Gasteiger partial charge in [-0.05, 0) is 29.7 Å². The van der Waals surface area contributed by atoms with Crippen molar-refractivity contribution in [2.75, 3.05) is 17.6 Å². The number of fused-ring (bicyclic) bond motifs is 1. The quantitative estimate of drug-likeness (QED) is 0.870. The number of carbonyl (C=O) groups is 1. The summed E-state index contributed by atoms with van der Waals surface area (Å²) in [6, 6.07) is 6.44. The van der Waals surface area contributed by atoms with Gasteiger partial charge in [-0.1, -0.05) is 30.0 Å². The Bertz CT molecular complexity index is 426. The summed E-state index contributed by atoms with van der Waals surface area (Å²) in [4.78, 5) is 10.7. The van der Waals surface area contributed by atoms with Gasteiger partial charge < -0.3 is 5.32 Å². The van der Waals surface area contributed by atoms with E-state index < -0.39 is 0 Å². The highest BCUT2D eigenvalue weighted by Gasteiger charge is 2.08. The molecule has 0 spiro atoms. The molecule has 1 N–H and O–H groups in total. The first-order chi connectivity index (χ1) is 7.75. The zero-order valence-electron chi connectivity index (χ0n) is 9.32. The predicted octanol–water partition coefficient (Wildman–Crippen LogP) is 2.95. The fraction of sp³-hybridized carbons (Fsp3) is 0.308. The van der Waals surface area contributed by atoms with E-state index in [1.165, 1.54) is 28.6 Å². The fourth-order valence-corrected chi connectivity index (χ4v) is 2.21. The average molecular weight is 233 g/mol. The number of nitrogens with one attached hydrogen (secondary N) is 1. The highest BCUT2D eigenvalue weighted by atomic mass is 32.2. The molecular weight excluding hydrogens is 218 g/mol. The van der Waals surface area contributed by atoms with E-state index >= 15 is 0 Å². The molecule has 0 unspecified atom stereocenters. The molecule has 0 radical (unpaired) electrons. The van der Waals surface area contributed by atoms with Crippen LogP contribution in [0.4, 0.5) is 5.69 Å². The maximum absolute atomic E-state index is 10.7. The maximum Gasteiger partial charge on any atom is 0.186 e. The summed E-state index contributed by atoms with van der Waals surface area (Å²) < 4.78 is 0. The number of hydrogen-bond donors (Lipinski definition) is 1. The molecule has 84 valence electrons. The van der Waals surface area contributed by atoms with E-state index in [-0.39, 0.29) is 5.12 Å². The smallest absolute Gasteiger partial charge is 0.186 e. The number of carbonyl (C=O) groups excluding carboxylic acids is 1. The van der Waals surface area contributed by atoms with Gasteiger partial charge in [-0.2, -0.15) is 0 Å². The first-order valence-electron chi connectivity index (χ1n) is 5.42. The van der Waals surface area contributed by atoms with Crippen molar-refractivity contribution in [1.29, 1.82) is 0 Å². The van der Waals surface area contributed by atoms with Crippen LogP contribution >= 0.6 is 11.8 Å². The minimum atomic E-state index is 0.169. The lowest BCUT2D eigenvalue weighted by Gasteiger charge is -2.00. The zero-order valence-corrected chi connectivity index (χ0v) is 10.1. The number of anilines is 1. The van der Waals surface area contributed by atoms with Crippen molar-refractivity contribution >= 4 is 28.6 Å². The van der Waals surface area contributed by atoms with Gasteiger partial charge in [0, 0.05) is 24.9 Å². The summed E-state index contributed by atoms with van der Waals surface area (Å²) in [6.45, 7) is 2.64. The molecule has 0 atom stereocenters. The molecule has 1 aliphatic heterocycles. The number of thioether (sulfide) groups is 1. The van der Waals surface area contributed by atoms with Gasteiger partial charge in [0.2, 0.25) is 0 Å². The van der Waals surface area contributed by atoms with Crippen LogP contribution in [0.5, 0.6) is 0 Å². The van der Waals surface area contributed by atoms with E-state index in [1.807, 2.05) is 6.08 Å². The van der Waals surface area contributed by atoms with E-state index in [2.05, 4.69) is 29.6 Å². The third-order valence-electron chi connectivity index (χ3n) is 2.53. The molecule has 2 nitrogen and oxygen atoms in total. The highest BCUT2D eigenvalue weighted by molar-refractivity contribution is 8.13. The molecule has 16 heavy (non-hydrogen) atoms. The molecule has 0 saturated heterocycles. The lowest BCUT2D eigenvalue weighted by atomic mass is 10.1. The Morgan fingerprint density at radius 1 is 1.56 bits per heavy atom. The molecule has 0 fully saturated rings. The van der Waals surface area contributed by atoms with Crippen LogP contribution in [0.15, 0.2) is 24.3 Å². The third kappa shape index (κ3) is 2.89. The Hall–Kier alpha value is -1.22. The van der Waals surface area contributed by atoms with Gasteiger partial charge in [0.1, 0.15) is 0 Å². The summed E-state index contributed by atoms with van der Waals surface area (Å²) in [5.74, 6) is 0.755. The van der Waals surface area contributed by atoms with E-state index in [9.17, 15) is 4.79 Å². The van der Waals surface area contributed by atoms with Crippen LogP contribution in [0.2, 0.25) is 0 Å². The molecule has 2 rings (SSSR count). The van der Waals surface area contributed by atoms with Gasteiger partial charge in [0.25, 0.3) is 0 Å². The second-order valence-electron chi connectivity index (χ2n) is 3.80. The van der Waals surface area contributed by atoms with E-state index in [0.29, 0.717) is 0 Å². The molecule has 0 amide bonds. The molecule has 1 aromatic rings. The van der Waals surface area contributed by atoms with Gasteiger partial charge in [0.05, 0.1) is 0 Å². The van der Waals surface area contributed by atoms with Crippen LogP contribution in [0.3, 0.4) is 0 Å². The maximum atomic E-state index is 10.7. The molecule has 3 heteroatoms. The monoisotopic (exact) mass is 233 g/mol. The fourth-order valence-electron chi connectivity index (χ4n) is 1.78. The second-order valence-corrected chi connectivity index (χ2v) is 5.00. The molecule has 1 aliphatic rings. The van der Waals surface area contributed by atoms with Crippen LogP contribution in [-0.4, -0.2) is 17.4 Å². The van der Waals surface area contributed by atoms with Gasteiger partial charge in [-0.3, -0.25) is 4.79 Å². The van der Waals surface area contributed by atoms with Gasteiger partial charge >= 0.3 is 0 Å². The SMILES string of the molecule is CC(=O)SCC=Cc1ccc2c(c1)CCN2. The molecule has 0 saturated carbocycles. The molecule has 0 bridgehead atoms. The van der Waals surface area contributed by atoms with E-state index in [0.717, 1.165) is 18.7 Å². The lowest BCUT2D eigenvalue weighted by molar-refractivity contribution is -0.109. The Morgan fingerprint density at radius 3 is 3.25 bits per heavy atom. The summed E-state index contributed by atoms with van der Waals surface area (Å²) in [5, 5.41) is 3.51. The van der Waals surface area contributed by atoms with Crippen molar-refractivity contribution in [3.63, 3.8) is 0 Å². The van der Waals surface area contributed by atoms with Gasteiger partial charge in [-0.25, -0.2) is 0 Å². The first-order valence-corrected chi connectivity index (χ1v) is 6.41. The normalized spacial score (nSPS) is 13.8. The lowest BCUT2D eigenvalue weighted by Crippen LogP contribution is -1.90. The molecule has 0 aromatic heterocycles. The van der Waals surface area contributed by atoms with Crippen molar-refractivity contribution in [3.8, 4) is 0 Å². The first kappa shape index (κ1) is 11.3. The average Bonchev–Trinajstić information content (AvgIpc) is 2.71. The number of benzene rings is 1. The topological polar surface area (TPSA) is 29.1 Å². The minimum Gasteiger partial charge on any atom is -0.384 e. The van der Waals surface area contributed by atoms with Crippen molar-refractivity contribution < 1.29 is 4.79 Å². The number of rotatable bonds is 3. The highest BCUT2D eigenvalue weighted by Crippen LogP contribution is 2.23. The summed E-state index contributed by atoms with van der Waals surface area (Å²) in [7, 11) is 0. The molecule has 0 aliphatic carbocycles. The van der Waals surface area contributed by atoms with Crippen LogP contribution in [0.1, 0.15) is 18.1 Å². The summed E-state index contributed by atoms with van der Waals surface area (Å²) >= 11 is 1.34. The van der Waals surface area contributed by atoms with Crippen LogP contribution in [0, 0.1) is 0 Å². The third-order valence-corrected chi connectivity index (χ3v) is 3.30. The largest absolute Gasteiger partial charge is 0.384 e. The molecule has 1 heterocycles. The Kier molecular flexibility index (Phi) is 3.67. The van der Waals surface area contributed by atoms with Crippen molar-refractivity contribution in [1.82, 2.24) is 0 Å². The Balaban J connectivity index is 1.97. The van der Waals surface area contributed by atoms with Crippen molar-refractivity contribution in [2.45, 2.75) is 13.3 Å². The predicted molar refractivity (Wildman–Crippen MR) is 70.8 cm³/mol. The van der Waals surface area contributed by atoms with Crippen LogP contribution in [-0.2, 0) is 11.2 Å². The zero-order chi connectivity index (χ0) is 11.4. The molecule has 1 aromatic carbocycles. The van der Waals surface area contributed by atoms with Crippen molar-refractivity contribution in [3.05, 3.63) is 35.4 Å². The second kappa shape index (κ2) is 5.21. The van der Waals surface area contributed by atoms with Gasteiger partial charge in [-0.15, -0.1) is 0 Å². The van der Waals surface area contributed by atoms with Crippen LogP contribution in [0.25, 0.3) is 6.08 Å². The molecular formula is C13H15NOS. The van der Waals surface area contributed by atoms with E-state index in [1.54, 1.807) is 6.92 Å². The minimum absolute atomic E-state index is 0.169. The van der Waals surface area contributed by atoms with E-state index in [4.69, 9.17) is 0 Å². The summed E-state index contributed by atoms with van der Waals surface area (Å²) in [6.07, 6.45) is 5.23. The standard InChI is InChI=1S/C13H15NOS/c1-10(15)16-8-2-3-11-4-5-13-12(9-11)6-7-14-13/h2-5,9,14H,6-8H2,1H3. The Morgan fingerprint density at radius 2 is 2.44 bits per heavy atom. The Labute approximate surface area is 100 Å². The summed E-state index contributed by atoms with van der Waals surface area (Å²) in [5.41, 5.74) is 3.86. The number of hydrogen-bond acceptors (Lipinski definition) is 3. The van der Waals surface area contributed by atoms with Gasteiger partial charge in [0.15, 0.2) is 5.12 Å². The van der Waals surface area contributed by atoms with Crippen LogP contribution < -0.4 is 5.32 Å². The van der Waals surface area contributed by atoms with Crippen molar-refractivity contribution in [2.24, 2.45) is 0 Å².